The lowest BCUT2D eigenvalue weighted by Crippen LogP contribution is -2.45. The van der Waals surface area contributed by atoms with E-state index in [2.05, 4.69) is 21.9 Å². The molecule has 1 fully saturated rings. The molecule has 1 aromatic heterocycles. The molecule has 1 atom stereocenters. The Morgan fingerprint density at radius 3 is 2.76 bits per heavy atom. The van der Waals surface area contributed by atoms with E-state index < -0.39 is 10.0 Å². The van der Waals surface area contributed by atoms with Crippen LogP contribution in [0.3, 0.4) is 0 Å². The number of methoxy groups -OCH3 is 1. The van der Waals surface area contributed by atoms with Crippen LogP contribution in [-0.2, 0) is 10.0 Å². The smallest absolute Gasteiger partial charge is 0.242 e. The Morgan fingerprint density at radius 1 is 1.48 bits per heavy atom. The van der Waals surface area contributed by atoms with Gasteiger partial charge in [-0.15, -0.1) is 12.4 Å². The van der Waals surface area contributed by atoms with E-state index in [0.29, 0.717) is 12.4 Å². The summed E-state index contributed by atoms with van der Waals surface area (Å²) in [5.74, 6) is 0.396. The molecule has 2 rings (SSSR count). The van der Waals surface area contributed by atoms with Crippen molar-refractivity contribution in [3.8, 4) is 5.88 Å². The van der Waals surface area contributed by atoms with Gasteiger partial charge in [0.15, 0.2) is 0 Å². The van der Waals surface area contributed by atoms with Crippen LogP contribution >= 0.6 is 12.4 Å². The second-order valence-electron chi connectivity index (χ2n) is 5.45. The SMILES string of the molecule is COc1ccc(S(=O)(=O)NCC2(C)CCCNC2)cn1.Cl. The third-order valence-corrected chi connectivity index (χ3v) is 4.99. The first-order valence-corrected chi connectivity index (χ1v) is 8.14. The van der Waals surface area contributed by atoms with Crippen molar-refractivity contribution in [2.45, 2.75) is 24.7 Å². The highest BCUT2D eigenvalue weighted by atomic mass is 35.5. The first-order valence-electron chi connectivity index (χ1n) is 6.66. The molecule has 120 valence electrons. The number of ether oxygens (including phenoxy) is 1. The summed E-state index contributed by atoms with van der Waals surface area (Å²) in [6.07, 6.45) is 3.40. The van der Waals surface area contributed by atoms with E-state index in [-0.39, 0.29) is 22.7 Å². The predicted molar refractivity (Wildman–Crippen MR) is 83.4 cm³/mol. The fourth-order valence-electron chi connectivity index (χ4n) is 2.27. The number of pyridine rings is 1. The minimum absolute atomic E-state index is 0. The third kappa shape index (κ3) is 4.81. The molecule has 6 nitrogen and oxygen atoms in total. The summed E-state index contributed by atoms with van der Waals surface area (Å²) in [5.41, 5.74) is -0.0365. The summed E-state index contributed by atoms with van der Waals surface area (Å²) in [5, 5.41) is 3.30. The monoisotopic (exact) mass is 335 g/mol. The van der Waals surface area contributed by atoms with Gasteiger partial charge in [-0.25, -0.2) is 18.1 Å². The van der Waals surface area contributed by atoms with Crippen molar-refractivity contribution < 1.29 is 13.2 Å². The number of hydrogen-bond donors (Lipinski definition) is 2. The van der Waals surface area contributed by atoms with Crippen LogP contribution in [0.15, 0.2) is 23.2 Å². The van der Waals surface area contributed by atoms with Crippen LogP contribution in [0.25, 0.3) is 0 Å². The summed E-state index contributed by atoms with van der Waals surface area (Å²) < 4.78 is 32.0. The topological polar surface area (TPSA) is 80.3 Å². The van der Waals surface area contributed by atoms with Crippen molar-refractivity contribution in [2.75, 3.05) is 26.7 Å². The van der Waals surface area contributed by atoms with Gasteiger partial charge in [0.25, 0.3) is 0 Å². The van der Waals surface area contributed by atoms with Gasteiger partial charge in [0, 0.05) is 19.2 Å². The Hall–Kier alpha value is -0.890. The van der Waals surface area contributed by atoms with E-state index >= 15 is 0 Å². The molecule has 2 heterocycles. The molecule has 0 aromatic carbocycles. The quantitative estimate of drug-likeness (QED) is 0.844. The predicted octanol–water partition coefficient (Wildman–Crippen LogP) is 1.18. The molecular formula is C13H22ClN3O3S. The van der Waals surface area contributed by atoms with E-state index in [4.69, 9.17) is 4.74 Å². The maximum Gasteiger partial charge on any atom is 0.242 e. The van der Waals surface area contributed by atoms with Gasteiger partial charge in [0.05, 0.1) is 13.3 Å². The molecule has 1 aliphatic rings. The molecule has 0 bridgehead atoms. The summed E-state index contributed by atoms with van der Waals surface area (Å²) >= 11 is 0. The summed E-state index contributed by atoms with van der Waals surface area (Å²) in [4.78, 5) is 4.08. The van der Waals surface area contributed by atoms with Crippen molar-refractivity contribution in [1.29, 1.82) is 0 Å². The number of rotatable bonds is 5. The summed E-state index contributed by atoms with van der Waals surface area (Å²) in [6.45, 7) is 4.35. The van der Waals surface area contributed by atoms with Crippen LogP contribution in [0.1, 0.15) is 19.8 Å². The van der Waals surface area contributed by atoms with Crippen LogP contribution in [0.4, 0.5) is 0 Å². The molecule has 8 heteroatoms. The molecule has 0 spiro atoms. The molecule has 1 saturated heterocycles. The minimum atomic E-state index is -3.52. The van der Waals surface area contributed by atoms with Crippen molar-refractivity contribution in [2.24, 2.45) is 5.41 Å². The lowest BCUT2D eigenvalue weighted by atomic mass is 9.83. The fourth-order valence-corrected chi connectivity index (χ4v) is 3.41. The van der Waals surface area contributed by atoms with E-state index in [0.717, 1.165) is 25.9 Å². The fraction of sp³-hybridized carbons (Fsp3) is 0.615. The minimum Gasteiger partial charge on any atom is -0.481 e. The highest BCUT2D eigenvalue weighted by Gasteiger charge is 2.28. The number of piperidine rings is 1. The Morgan fingerprint density at radius 2 is 2.24 bits per heavy atom. The zero-order chi connectivity index (χ0) is 14.6. The number of halogens is 1. The highest BCUT2D eigenvalue weighted by Crippen LogP contribution is 2.25. The number of hydrogen-bond acceptors (Lipinski definition) is 5. The lowest BCUT2D eigenvalue weighted by molar-refractivity contribution is 0.238. The number of aromatic nitrogens is 1. The molecule has 1 unspecified atom stereocenters. The van der Waals surface area contributed by atoms with Gasteiger partial charge in [0.1, 0.15) is 4.90 Å². The molecule has 21 heavy (non-hydrogen) atoms. The molecule has 0 amide bonds. The molecular weight excluding hydrogens is 314 g/mol. The van der Waals surface area contributed by atoms with Crippen molar-refractivity contribution in [1.82, 2.24) is 15.0 Å². The van der Waals surface area contributed by atoms with E-state index in [9.17, 15) is 8.42 Å². The van der Waals surface area contributed by atoms with Gasteiger partial charge in [-0.3, -0.25) is 0 Å². The van der Waals surface area contributed by atoms with Gasteiger partial charge in [-0.05, 0) is 30.9 Å². The second-order valence-corrected chi connectivity index (χ2v) is 7.22. The van der Waals surface area contributed by atoms with Gasteiger partial charge >= 0.3 is 0 Å². The largest absolute Gasteiger partial charge is 0.481 e. The van der Waals surface area contributed by atoms with Gasteiger partial charge in [-0.2, -0.15) is 0 Å². The molecule has 1 aromatic rings. The molecule has 0 aliphatic carbocycles. The lowest BCUT2D eigenvalue weighted by Gasteiger charge is -2.34. The summed E-state index contributed by atoms with van der Waals surface area (Å²) in [6, 6.07) is 3.04. The Kier molecular flexibility index (Phi) is 6.40. The van der Waals surface area contributed by atoms with Gasteiger partial charge in [0.2, 0.25) is 15.9 Å². The van der Waals surface area contributed by atoms with Crippen LogP contribution in [0.5, 0.6) is 5.88 Å². The van der Waals surface area contributed by atoms with Crippen molar-refractivity contribution >= 4 is 22.4 Å². The van der Waals surface area contributed by atoms with E-state index in [1.165, 1.54) is 19.4 Å². The second kappa shape index (κ2) is 7.40. The Bertz CT molecular complexity index is 542. The standard InChI is InChI=1S/C13H21N3O3S.ClH/c1-13(6-3-7-14-9-13)10-16-20(17,18)11-4-5-12(19-2)15-8-11;/h4-5,8,14,16H,3,6-7,9-10H2,1-2H3;1H. The zero-order valence-electron chi connectivity index (χ0n) is 12.3. The number of nitrogens with zero attached hydrogens (tertiary/aromatic N) is 1. The average molecular weight is 336 g/mol. The van der Waals surface area contributed by atoms with Crippen molar-refractivity contribution in [3.63, 3.8) is 0 Å². The number of sulfonamides is 1. The first-order chi connectivity index (χ1) is 9.45. The maximum absolute atomic E-state index is 12.2. The molecule has 1 aliphatic heterocycles. The number of nitrogens with one attached hydrogen (secondary N) is 2. The van der Waals surface area contributed by atoms with Crippen LogP contribution in [0.2, 0.25) is 0 Å². The summed E-state index contributed by atoms with van der Waals surface area (Å²) in [7, 11) is -2.03. The van der Waals surface area contributed by atoms with Gasteiger partial charge < -0.3 is 10.1 Å². The molecule has 2 N–H and O–H groups in total. The van der Waals surface area contributed by atoms with Gasteiger partial charge in [-0.1, -0.05) is 6.92 Å². The van der Waals surface area contributed by atoms with E-state index in [1.54, 1.807) is 6.07 Å². The molecule has 0 radical (unpaired) electrons. The highest BCUT2D eigenvalue weighted by molar-refractivity contribution is 7.89. The van der Waals surface area contributed by atoms with Crippen molar-refractivity contribution in [3.05, 3.63) is 18.3 Å². The van der Waals surface area contributed by atoms with E-state index in [1.807, 2.05) is 0 Å². The third-order valence-electron chi connectivity index (χ3n) is 3.60. The zero-order valence-corrected chi connectivity index (χ0v) is 13.9. The molecule has 0 saturated carbocycles. The van der Waals surface area contributed by atoms with Crippen LogP contribution in [-0.4, -0.2) is 40.1 Å². The van der Waals surface area contributed by atoms with Crippen LogP contribution < -0.4 is 14.8 Å². The maximum atomic E-state index is 12.2. The first kappa shape index (κ1) is 18.2. The average Bonchev–Trinajstić information content (AvgIpc) is 2.46. The normalized spacial score (nSPS) is 22.4. The van der Waals surface area contributed by atoms with Crippen LogP contribution in [0, 0.1) is 5.41 Å². The Labute approximate surface area is 132 Å². The Balaban J connectivity index is 0.00000220.